The van der Waals surface area contributed by atoms with Gasteiger partial charge in [-0.3, -0.25) is 4.99 Å². The molecular formula is C9H18N2OS. The SMILES string of the molecule is CCSC1=N[C@H](C)C[C@@H](OC)N1C. The molecule has 0 radical (unpaired) electrons. The van der Waals surface area contributed by atoms with Gasteiger partial charge in [0.2, 0.25) is 0 Å². The van der Waals surface area contributed by atoms with Crippen molar-refractivity contribution in [1.29, 1.82) is 0 Å². The first kappa shape index (κ1) is 10.9. The van der Waals surface area contributed by atoms with Gasteiger partial charge in [-0.25, -0.2) is 0 Å². The van der Waals surface area contributed by atoms with E-state index in [1.54, 1.807) is 18.9 Å². The van der Waals surface area contributed by atoms with Crippen molar-refractivity contribution in [3.05, 3.63) is 0 Å². The van der Waals surface area contributed by atoms with Crippen LogP contribution in [0.3, 0.4) is 0 Å². The van der Waals surface area contributed by atoms with Crippen LogP contribution in [0.5, 0.6) is 0 Å². The molecule has 4 heteroatoms. The maximum atomic E-state index is 5.38. The Kier molecular flexibility index (Phi) is 4.06. The predicted octanol–water partition coefficient (Wildman–Crippen LogP) is 1.79. The van der Waals surface area contributed by atoms with Crippen LogP contribution in [-0.2, 0) is 4.74 Å². The fourth-order valence-corrected chi connectivity index (χ4v) is 2.26. The van der Waals surface area contributed by atoms with Gasteiger partial charge in [-0.1, -0.05) is 18.7 Å². The summed E-state index contributed by atoms with van der Waals surface area (Å²) in [5, 5.41) is 1.10. The van der Waals surface area contributed by atoms with E-state index >= 15 is 0 Å². The quantitative estimate of drug-likeness (QED) is 0.682. The van der Waals surface area contributed by atoms with Gasteiger partial charge in [0.25, 0.3) is 0 Å². The molecule has 0 saturated carbocycles. The third-order valence-corrected chi connectivity index (χ3v) is 3.09. The Morgan fingerprint density at radius 2 is 2.38 bits per heavy atom. The zero-order valence-electron chi connectivity index (χ0n) is 8.78. The fraction of sp³-hybridized carbons (Fsp3) is 0.889. The van der Waals surface area contributed by atoms with Crippen molar-refractivity contribution in [2.24, 2.45) is 4.99 Å². The van der Waals surface area contributed by atoms with Crippen molar-refractivity contribution in [2.45, 2.75) is 32.5 Å². The summed E-state index contributed by atoms with van der Waals surface area (Å²) in [6.45, 7) is 4.28. The molecule has 1 heterocycles. The van der Waals surface area contributed by atoms with Crippen LogP contribution in [-0.4, -0.2) is 42.2 Å². The largest absolute Gasteiger partial charge is 0.361 e. The van der Waals surface area contributed by atoms with Crippen LogP contribution < -0.4 is 0 Å². The summed E-state index contributed by atoms with van der Waals surface area (Å²) in [5.74, 6) is 1.06. The van der Waals surface area contributed by atoms with Crippen molar-refractivity contribution in [2.75, 3.05) is 19.9 Å². The van der Waals surface area contributed by atoms with Gasteiger partial charge in [-0.05, 0) is 12.7 Å². The lowest BCUT2D eigenvalue weighted by Gasteiger charge is -2.34. The van der Waals surface area contributed by atoms with E-state index in [1.807, 2.05) is 7.05 Å². The van der Waals surface area contributed by atoms with E-state index in [0.717, 1.165) is 17.3 Å². The van der Waals surface area contributed by atoms with E-state index in [-0.39, 0.29) is 6.23 Å². The number of ether oxygens (including phenoxy) is 1. The topological polar surface area (TPSA) is 24.8 Å². The van der Waals surface area contributed by atoms with Crippen LogP contribution in [0.25, 0.3) is 0 Å². The first-order chi connectivity index (χ1) is 6.19. The summed E-state index contributed by atoms with van der Waals surface area (Å²) >= 11 is 1.78. The maximum absolute atomic E-state index is 5.38. The van der Waals surface area contributed by atoms with Crippen LogP contribution in [0, 0.1) is 0 Å². The van der Waals surface area contributed by atoms with Crippen molar-refractivity contribution >= 4 is 16.9 Å². The second-order valence-electron chi connectivity index (χ2n) is 3.23. The van der Waals surface area contributed by atoms with Gasteiger partial charge in [0.05, 0.1) is 6.04 Å². The molecule has 0 aromatic heterocycles. The smallest absolute Gasteiger partial charge is 0.161 e. The van der Waals surface area contributed by atoms with Crippen molar-refractivity contribution < 1.29 is 4.74 Å². The number of rotatable bonds is 2. The van der Waals surface area contributed by atoms with Gasteiger partial charge in [-0.2, -0.15) is 0 Å². The van der Waals surface area contributed by atoms with Gasteiger partial charge in [-0.15, -0.1) is 0 Å². The Bertz CT molecular complexity index is 196. The van der Waals surface area contributed by atoms with E-state index in [2.05, 4.69) is 23.7 Å². The Labute approximate surface area is 84.5 Å². The molecule has 0 fully saturated rings. The molecule has 0 aliphatic carbocycles. The van der Waals surface area contributed by atoms with Crippen LogP contribution in [0.2, 0.25) is 0 Å². The minimum atomic E-state index is 0.196. The number of hydrogen-bond acceptors (Lipinski definition) is 4. The van der Waals surface area contributed by atoms with Gasteiger partial charge >= 0.3 is 0 Å². The normalized spacial score (nSPS) is 28.9. The number of hydrogen-bond donors (Lipinski definition) is 0. The number of methoxy groups -OCH3 is 1. The molecule has 0 N–H and O–H groups in total. The molecule has 0 spiro atoms. The molecule has 0 saturated heterocycles. The first-order valence-electron chi connectivity index (χ1n) is 4.65. The molecule has 0 aromatic rings. The molecule has 1 aliphatic heterocycles. The van der Waals surface area contributed by atoms with Gasteiger partial charge in [0, 0.05) is 20.6 Å². The lowest BCUT2D eigenvalue weighted by Crippen LogP contribution is -2.42. The zero-order chi connectivity index (χ0) is 9.84. The average molecular weight is 202 g/mol. The third-order valence-electron chi connectivity index (χ3n) is 2.15. The van der Waals surface area contributed by atoms with Crippen LogP contribution >= 0.6 is 11.8 Å². The van der Waals surface area contributed by atoms with Gasteiger partial charge < -0.3 is 9.64 Å². The molecular weight excluding hydrogens is 184 g/mol. The molecule has 2 atom stereocenters. The van der Waals surface area contributed by atoms with Crippen LogP contribution in [0.1, 0.15) is 20.3 Å². The minimum Gasteiger partial charge on any atom is -0.361 e. The highest BCUT2D eigenvalue weighted by Crippen LogP contribution is 2.21. The van der Waals surface area contributed by atoms with Crippen molar-refractivity contribution in [3.8, 4) is 0 Å². The molecule has 0 aromatic carbocycles. The Morgan fingerprint density at radius 3 is 2.92 bits per heavy atom. The Hall–Kier alpha value is -0.220. The molecule has 0 amide bonds. The summed E-state index contributed by atoms with van der Waals surface area (Å²) < 4.78 is 5.38. The minimum absolute atomic E-state index is 0.196. The highest BCUT2D eigenvalue weighted by atomic mass is 32.2. The third kappa shape index (κ3) is 2.61. The summed E-state index contributed by atoms with van der Waals surface area (Å²) in [7, 11) is 3.80. The summed E-state index contributed by atoms with van der Waals surface area (Å²) in [5.41, 5.74) is 0. The average Bonchev–Trinajstić information content (AvgIpc) is 2.11. The molecule has 1 rings (SSSR count). The van der Waals surface area contributed by atoms with Crippen LogP contribution in [0.15, 0.2) is 4.99 Å². The van der Waals surface area contributed by atoms with Crippen LogP contribution in [0.4, 0.5) is 0 Å². The van der Waals surface area contributed by atoms with E-state index in [4.69, 9.17) is 4.74 Å². The van der Waals surface area contributed by atoms with E-state index < -0.39 is 0 Å². The van der Waals surface area contributed by atoms with E-state index in [9.17, 15) is 0 Å². The zero-order valence-corrected chi connectivity index (χ0v) is 9.60. The first-order valence-corrected chi connectivity index (χ1v) is 5.63. The Morgan fingerprint density at radius 1 is 1.69 bits per heavy atom. The number of nitrogens with zero attached hydrogens (tertiary/aromatic N) is 2. The monoisotopic (exact) mass is 202 g/mol. The number of thioether (sulfide) groups is 1. The van der Waals surface area contributed by atoms with Gasteiger partial charge in [0.1, 0.15) is 6.23 Å². The summed E-state index contributed by atoms with van der Waals surface area (Å²) in [6.07, 6.45) is 1.18. The van der Waals surface area contributed by atoms with Crippen molar-refractivity contribution in [3.63, 3.8) is 0 Å². The predicted molar refractivity (Wildman–Crippen MR) is 58.2 cm³/mol. The fourth-order valence-electron chi connectivity index (χ4n) is 1.43. The lowest BCUT2D eigenvalue weighted by molar-refractivity contribution is 0.00525. The van der Waals surface area contributed by atoms with E-state index in [0.29, 0.717) is 6.04 Å². The lowest BCUT2D eigenvalue weighted by atomic mass is 10.2. The number of amidine groups is 1. The standard InChI is InChI=1S/C9H18N2OS/c1-5-13-9-10-7(2)6-8(12-4)11(9)3/h7-8H,5-6H2,1-4H3/t7-,8-/m1/s1. The molecule has 0 bridgehead atoms. The molecule has 3 nitrogen and oxygen atoms in total. The highest BCUT2D eigenvalue weighted by Gasteiger charge is 2.25. The van der Waals surface area contributed by atoms with Gasteiger partial charge in [0.15, 0.2) is 5.17 Å². The highest BCUT2D eigenvalue weighted by molar-refractivity contribution is 8.13. The summed E-state index contributed by atoms with van der Waals surface area (Å²) in [6, 6.07) is 0.384. The summed E-state index contributed by atoms with van der Waals surface area (Å²) in [4.78, 5) is 6.70. The number of aliphatic imine (C=N–C) groups is 1. The maximum Gasteiger partial charge on any atom is 0.161 e. The molecule has 76 valence electrons. The van der Waals surface area contributed by atoms with E-state index in [1.165, 1.54) is 0 Å². The molecule has 1 aliphatic rings. The van der Waals surface area contributed by atoms with Crippen molar-refractivity contribution in [1.82, 2.24) is 4.90 Å². The molecule has 13 heavy (non-hydrogen) atoms. The second kappa shape index (κ2) is 4.86. The Balaban J connectivity index is 2.68. The second-order valence-corrected chi connectivity index (χ2v) is 4.46. The molecule has 0 unspecified atom stereocenters.